The molecule has 0 saturated heterocycles. The predicted octanol–water partition coefficient (Wildman–Crippen LogP) is 4.70. The van der Waals surface area contributed by atoms with Crippen LogP contribution in [0.1, 0.15) is 24.9 Å². The minimum atomic E-state index is -0.946. The molecule has 1 unspecified atom stereocenters. The Morgan fingerprint density at radius 2 is 1.68 bits per heavy atom. The van der Waals surface area contributed by atoms with Crippen molar-refractivity contribution in [2.75, 3.05) is 0 Å². The molecule has 4 heteroatoms. The van der Waals surface area contributed by atoms with Crippen LogP contribution in [0.4, 0.5) is 8.78 Å². The number of hydrogen-bond acceptors (Lipinski definition) is 1. The van der Waals surface area contributed by atoms with E-state index in [1.807, 2.05) is 31.2 Å². The van der Waals surface area contributed by atoms with Crippen LogP contribution in [0.3, 0.4) is 0 Å². The Hall–Kier alpha value is -1.45. The molecule has 0 spiro atoms. The number of rotatable bonds is 3. The molecule has 0 aromatic heterocycles. The van der Waals surface area contributed by atoms with Gasteiger partial charge in [0.15, 0.2) is 11.6 Å². The smallest absolute Gasteiger partial charge is 0.160 e. The molecule has 2 rings (SSSR count). The highest BCUT2D eigenvalue weighted by Crippen LogP contribution is 2.30. The molecule has 1 nitrogen and oxygen atoms in total. The summed E-state index contributed by atoms with van der Waals surface area (Å²) in [6.07, 6.45) is 0.839. The maximum Gasteiger partial charge on any atom is 0.160 e. The normalized spacial score (nSPS) is 12.5. The van der Waals surface area contributed by atoms with Gasteiger partial charge in [-0.1, -0.05) is 42.8 Å². The van der Waals surface area contributed by atoms with Gasteiger partial charge in [0, 0.05) is 11.6 Å². The third kappa shape index (κ3) is 2.94. The summed E-state index contributed by atoms with van der Waals surface area (Å²) in [5.74, 6) is -1.85. The second-order valence-electron chi connectivity index (χ2n) is 4.38. The highest BCUT2D eigenvalue weighted by Gasteiger charge is 2.11. The molecule has 0 aliphatic rings. The molecule has 0 amide bonds. The van der Waals surface area contributed by atoms with E-state index in [1.165, 1.54) is 0 Å². The first-order valence-electron chi connectivity index (χ1n) is 6.03. The van der Waals surface area contributed by atoms with Gasteiger partial charge >= 0.3 is 0 Å². The molecule has 0 saturated carbocycles. The fourth-order valence-electron chi connectivity index (χ4n) is 1.89. The minimum absolute atomic E-state index is 0.0190. The molecule has 0 aliphatic carbocycles. The number of benzene rings is 2. The van der Waals surface area contributed by atoms with Crippen LogP contribution in [0, 0.1) is 11.6 Å². The second-order valence-corrected chi connectivity index (χ2v) is 4.79. The summed E-state index contributed by atoms with van der Waals surface area (Å²) in [6, 6.07) is 9.44. The van der Waals surface area contributed by atoms with Crippen molar-refractivity contribution in [2.45, 2.75) is 19.4 Å². The Morgan fingerprint density at radius 1 is 1.11 bits per heavy atom. The zero-order chi connectivity index (χ0) is 14.0. The van der Waals surface area contributed by atoms with Gasteiger partial charge in [-0.2, -0.15) is 0 Å². The molecule has 1 atom stereocenters. The average molecular weight is 282 g/mol. The van der Waals surface area contributed by atoms with E-state index in [0.717, 1.165) is 29.7 Å². The standard InChI is InChI=1S/C15H14ClF2N/c1-2-15(19)10-5-3-9(4-6-10)11-7-13(17)14(18)8-12(11)16/h3-8,15H,2,19H2,1H3. The van der Waals surface area contributed by atoms with Crippen LogP contribution in [0.2, 0.25) is 5.02 Å². The lowest BCUT2D eigenvalue weighted by atomic mass is 10.00. The van der Waals surface area contributed by atoms with Crippen molar-refractivity contribution in [3.63, 3.8) is 0 Å². The molecule has 0 radical (unpaired) electrons. The number of halogens is 3. The Labute approximate surface area is 116 Å². The molecule has 19 heavy (non-hydrogen) atoms. The van der Waals surface area contributed by atoms with Crippen molar-refractivity contribution in [3.05, 3.63) is 58.6 Å². The maximum absolute atomic E-state index is 13.3. The van der Waals surface area contributed by atoms with E-state index in [0.29, 0.717) is 5.56 Å². The van der Waals surface area contributed by atoms with E-state index < -0.39 is 11.6 Å². The number of hydrogen-bond donors (Lipinski definition) is 1. The summed E-state index contributed by atoms with van der Waals surface area (Å²) in [5.41, 5.74) is 8.13. The Bertz CT molecular complexity index is 581. The molecule has 2 aromatic rings. The van der Waals surface area contributed by atoms with Gasteiger partial charge in [0.2, 0.25) is 0 Å². The van der Waals surface area contributed by atoms with Gasteiger partial charge in [0.1, 0.15) is 0 Å². The monoisotopic (exact) mass is 281 g/mol. The summed E-state index contributed by atoms with van der Waals surface area (Å²) >= 11 is 5.93. The van der Waals surface area contributed by atoms with Crippen LogP contribution < -0.4 is 5.73 Å². The van der Waals surface area contributed by atoms with E-state index in [9.17, 15) is 8.78 Å². The van der Waals surface area contributed by atoms with E-state index in [1.54, 1.807) is 0 Å². The first kappa shape index (κ1) is 14.0. The molecule has 0 heterocycles. The summed E-state index contributed by atoms with van der Waals surface area (Å²) in [7, 11) is 0. The van der Waals surface area contributed by atoms with Crippen molar-refractivity contribution in [3.8, 4) is 11.1 Å². The van der Waals surface area contributed by atoms with Crippen LogP contribution >= 0.6 is 11.6 Å². The fraction of sp³-hybridized carbons (Fsp3) is 0.200. The summed E-state index contributed by atoms with van der Waals surface area (Å²) in [6.45, 7) is 2.00. The van der Waals surface area contributed by atoms with Crippen LogP contribution in [0.25, 0.3) is 11.1 Å². The predicted molar refractivity (Wildman–Crippen MR) is 74.0 cm³/mol. The van der Waals surface area contributed by atoms with Gasteiger partial charge in [-0.05, 0) is 29.7 Å². The summed E-state index contributed by atoms with van der Waals surface area (Å²) in [4.78, 5) is 0. The number of nitrogens with two attached hydrogens (primary N) is 1. The van der Waals surface area contributed by atoms with Gasteiger partial charge in [0.05, 0.1) is 5.02 Å². The maximum atomic E-state index is 13.3. The molecule has 0 bridgehead atoms. The van der Waals surface area contributed by atoms with E-state index >= 15 is 0 Å². The molecule has 0 fully saturated rings. The lowest BCUT2D eigenvalue weighted by Gasteiger charge is -2.11. The van der Waals surface area contributed by atoms with Crippen molar-refractivity contribution >= 4 is 11.6 Å². The fourth-order valence-corrected chi connectivity index (χ4v) is 2.15. The third-order valence-electron chi connectivity index (χ3n) is 3.10. The molecule has 2 N–H and O–H groups in total. The van der Waals surface area contributed by atoms with E-state index in [-0.39, 0.29) is 11.1 Å². The largest absolute Gasteiger partial charge is 0.324 e. The average Bonchev–Trinajstić information content (AvgIpc) is 2.42. The Balaban J connectivity index is 2.40. The second kappa shape index (κ2) is 5.68. The molecule has 0 aliphatic heterocycles. The Kier molecular flexibility index (Phi) is 4.17. The summed E-state index contributed by atoms with van der Waals surface area (Å²) in [5, 5.41) is 0.187. The van der Waals surface area contributed by atoms with E-state index in [4.69, 9.17) is 17.3 Å². The lowest BCUT2D eigenvalue weighted by Crippen LogP contribution is -2.08. The van der Waals surface area contributed by atoms with Crippen LogP contribution in [-0.4, -0.2) is 0 Å². The van der Waals surface area contributed by atoms with Crippen molar-refractivity contribution in [2.24, 2.45) is 5.73 Å². The van der Waals surface area contributed by atoms with Crippen molar-refractivity contribution in [1.82, 2.24) is 0 Å². The first-order valence-corrected chi connectivity index (χ1v) is 6.41. The highest BCUT2D eigenvalue weighted by atomic mass is 35.5. The van der Waals surface area contributed by atoms with E-state index in [2.05, 4.69) is 0 Å². The first-order chi connectivity index (χ1) is 9.02. The van der Waals surface area contributed by atoms with Crippen LogP contribution in [-0.2, 0) is 0 Å². The zero-order valence-electron chi connectivity index (χ0n) is 10.5. The van der Waals surface area contributed by atoms with Gasteiger partial charge in [-0.15, -0.1) is 0 Å². The van der Waals surface area contributed by atoms with Gasteiger partial charge in [-0.25, -0.2) is 8.78 Å². The molecular weight excluding hydrogens is 268 g/mol. The quantitative estimate of drug-likeness (QED) is 0.811. The minimum Gasteiger partial charge on any atom is -0.324 e. The Morgan fingerprint density at radius 3 is 2.26 bits per heavy atom. The van der Waals surface area contributed by atoms with Crippen LogP contribution in [0.5, 0.6) is 0 Å². The van der Waals surface area contributed by atoms with Gasteiger partial charge in [-0.3, -0.25) is 0 Å². The molecule has 2 aromatic carbocycles. The van der Waals surface area contributed by atoms with Gasteiger partial charge in [0.25, 0.3) is 0 Å². The highest BCUT2D eigenvalue weighted by molar-refractivity contribution is 6.33. The third-order valence-corrected chi connectivity index (χ3v) is 3.41. The van der Waals surface area contributed by atoms with Crippen molar-refractivity contribution in [1.29, 1.82) is 0 Å². The molecule has 100 valence electrons. The topological polar surface area (TPSA) is 26.0 Å². The lowest BCUT2D eigenvalue weighted by molar-refractivity contribution is 0.509. The SMILES string of the molecule is CCC(N)c1ccc(-c2cc(F)c(F)cc2Cl)cc1. The van der Waals surface area contributed by atoms with Crippen LogP contribution in [0.15, 0.2) is 36.4 Å². The summed E-state index contributed by atoms with van der Waals surface area (Å²) < 4.78 is 26.3. The zero-order valence-corrected chi connectivity index (χ0v) is 11.2. The van der Waals surface area contributed by atoms with Gasteiger partial charge < -0.3 is 5.73 Å². The van der Waals surface area contributed by atoms with Crippen molar-refractivity contribution < 1.29 is 8.78 Å². The molecular formula is C15H14ClF2N.